The second-order valence-corrected chi connectivity index (χ2v) is 3.64. The maximum Gasteiger partial charge on any atom is 0.0449 e. The van der Waals surface area contributed by atoms with Gasteiger partial charge < -0.3 is 5.11 Å². The Balaban J connectivity index is 2.29. The lowest BCUT2D eigenvalue weighted by Gasteiger charge is -2.18. The largest absolute Gasteiger partial charge is 0.396 e. The van der Waals surface area contributed by atoms with Crippen LogP contribution < -0.4 is 0 Å². The van der Waals surface area contributed by atoms with Gasteiger partial charge in [-0.2, -0.15) is 0 Å². The summed E-state index contributed by atoms with van der Waals surface area (Å²) in [5.74, 6) is 0. The molecule has 2 rings (SSSR count). The molecule has 2 nitrogen and oxygen atoms in total. The highest BCUT2D eigenvalue weighted by Gasteiger charge is 2.25. The highest BCUT2D eigenvalue weighted by molar-refractivity contribution is 5.33. The minimum Gasteiger partial charge on any atom is -0.396 e. The average Bonchev–Trinajstić information content (AvgIpc) is 2.44. The van der Waals surface area contributed by atoms with E-state index < -0.39 is 0 Å². The Morgan fingerprint density at radius 2 is 2.23 bits per heavy atom. The van der Waals surface area contributed by atoms with E-state index in [4.69, 9.17) is 5.11 Å². The van der Waals surface area contributed by atoms with Gasteiger partial charge in [0.25, 0.3) is 0 Å². The molecule has 1 N–H and O–H groups in total. The van der Waals surface area contributed by atoms with Crippen molar-refractivity contribution in [2.75, 3.05) is 13.7 Å². The molecule has 1 unspecified atom stereocenters. The molecule has 70 valence electrons. The molecule has 0 fully saturated rings. The summed E-state index contributed by atoms with van der Waals surface area (Å²) in [5.41, 5.74) is 2.79. The van der Waals surface area contributed by atoms with Crippen LogP contribution in [0.15, 0.2) is 24.3 Å². The number of aliphatic hydroxyl groups is 1. The first-order chi connectivity index (χ1) is 6.33. The van der Waals surface area contributed by atoms with Crippen LogP contribution >= 0.6 is 0 Å². The van der Waals surface area contributed by atoms with Crippen LogP contribution in [0.5, 0.6) is 0 Å². The lowest BCUT2D eigenvalue weighted by Crippen LogP contribution is -2.17. The molecule has 0 spiro atoms. The van der Waals surface area contributed by atoms with Crippen LogP contribution in [0.3, 0.4) is 0 Å². The molecule has 1 atom stereocenters. The molecule has 0 bridgehead atoms. The monoisotopic (exact) mass is 177 g/mol. The average molecular weight is 177 g/mol. The van der Waals surface area contributed by atoms with E-state index in [1.807, 2.05) is 0 Å². The Morgan fingerprint density at radius 3 is 3.00 bits per heavy atom. The number of aliphatic hydroxyl groups excluding tert-OH is 1. The zero-order chi connectivity index (χ0) is 9.26. The molecule has 1 heterocycles. The molecule has 2 heteroatoms. The molecule has 0 saturated heterocycles. The number of benzene rings is 1. The van der Waals surface area contributed by atoms with Crippen molar-refractivity contribution in [3.05, 3.63) is 35.4 Å². The predicted octanol–water partition coefficient (Wildman–Crippen LogP) is 1.56. The van der Waals surface area contributed by atoms with Crippen LogP contribution in [0, 0.1) is 0 Å². The van der Waals surface area contributed by atoms with Gasteiger partial charge >= 0.3 is 0 Å². The SMILES string of the molecule is CN1Cc2ccccc2C1CCO. The number of nitrogens with zero attached hydrogens (tertiary/aromatic N) is 1. The summed E-state index contributed by atoms with van der Waals surface area (Å²) in [7, 11) is 2.11. The summed E-state index contributed by atoms with van der Waals surface area (Å²) in [6.07, 6.45) is 0.841. The number of fused-ring (bicyclic) bond motifs is 1. The highest BCUT2D eigenvalue weighted by atomic mass is 16.3. The summed E-state index contributed by atoms with van der Waals surface area (Å²) in [5, 5.41) is 8.94. The third-order valence-electron chi connectivity index (χ3n) is 2.77. The molecule has 0 saturated carbocycles. The standard InChI is InChI=1S/C11H15NO/c1-12-8-9-4-2-3-5-10(9)11(12)6-7-13/h2-5,11,13H,6-8H2,1H3. The summed E-state index contributed by atoms with van der Waals surface area (Å²) < 4.78 is 0. The van der Waals surface area contributed by atoms with Crippen LogP contribution in [-0.4, -0.2) is 23.7 Å². The van der Waals surface area contributed by atoms with Crippen LogP contribution in [0.2, 0.25) is 0 Å². The van der Waals surface area contributed by atoms with Crippen molar-refractivity contribution in [1.82, 2.24) is 4.90 Å². The molecular weight excluding hydrogens is 162 g/mol. The van der Waals surface area contributed by atoms with E-state index in [-0.39, 0.29) is 6.61 Å². The fraction of sp³-hybridized carbons (Fsp3) is 0.455. The topological polar surface area (TPSA) is 23.5 Å². The van der Waals surface area contributed by atoms with E-state index >= 15 is 0 Å². The molecule has 13 heavy (non-hydrogen) atoms. The lowest BCUT2D eigenvalue weighted by atomic mass is 10.0. The fourth-order valence-corrected chi connectivity index (χ4v) is 2.12. The van der Waals surface area contributed by atoms with Crippen molar-refractivity contribution >= 4 is 0 Å². The van der Waals surface area contributed by atoms with Crippen LogP contribution in [0.25, 0.3) is 0 Å². The Morgan fingerprint density at radius 1 is 1.46 bits per heavy atom. The lowest BCUT2D eigenvalue weighted by molar-refractivity contribution is 0.199. The first-order valence-corrected chi connectivity index (χ1v) is 4.72. The molecule has 1 aliphatic heterocycles. The van der Waals surface area contributed by atoms with Crippen molar-refractivity contribution in [2.24, 2.45) is 0 Å². The van der Waals surface area contributed by atoms with Gasteiger partial charge in [0.15, 0.2) is 0 Å². The minimum atomic E-state index is 0.267. The molecule has 0 aliphatic carbocycles. The summed E-state index contributed by atoms with van der Waals surface area (Å²) >= 11 is 0. The molecule has 0 aromatic heterocycles. The van der Waals surface area contributed by atoms with Gasteiger partial charge in [0.05, 0.1) is 0 Å². The van der Waals surface area contributed by atoms with Crippen molar-refractivity contribution in [1.29, 1.82) is 0 Å². The molecule has 0 radical (unpaired) electrons. The quantitative estimate of drug-likeness (QED) is 0.741. The summed E-state index contributed by atoms with van der Waals surface area (Å²) in [6.45, 7) is 1.28. The maximum absolute atomic E-state index is 8.94. The van der Waals surface area contributed by atoms with Gasteiger partial charge in [0.2, 0.25) is 0 Å². The Bertz CT molecular complexity index is 298. The minimum absolute atomic E-state index is 0.267. The molecule has 0 amide bonds. The summed E-state index contributed by atoms with van der Waals surface area (Å²) in [4.78, 5) is 2.29. The fourth-order valence-electron chi connectivity index (χ4n) is 2.12. The van der Waals surface area contributed by atoms with E-state index in [2.05, 4.69) is 36.2 Å². The van der Waals surface area contributed by atoms with E-state index in [0.717, 1.165) is 13.0 Å². The normalized spacial score (nSPS) is 21.8. The summed E-state index contributed by atoms with van der Waals surface area (Å²) in [6, 6.07) is 8.90. The third kappa shape index (κ3) is 1.47. The molecule has 1 aromatic carbocycles. The van der Waals surface area contributed by atoms with Gasteiger partial charge in [0.1, 0.15) is 0 Å². The Kier molecular flexibility index (Phi) is 2.34. The van der Waals surface area contributed by atoms with Gasteiger partial charge in [-0.25, -0.2) is 0 Å². The van der Waals surface area contributed by atoms with E-state index in [9.17, 15) is 0 Å². The zero-order valence-corrected chi connectivity index (χ0v) is 7.90. The smallest absolute Gasteiger partial charge is 0.0449 e. The van der Waals surface area contributed by atoms with Gasteiger partial charge in [-0.1, -0.05) is 24.3 Å². The molecule has 1 aliphatic rings. The second kappa shape index (κ2) is 3.48. The van der Waals surface area contributed by atoms with Crippen molar-refractivity contribution in [2.45, 2.75) is 19.0 Å². The van der Waals surface area contributed by atoms with E-state index in [1.54, 1.807) is 0 Å². The highest BCUT2D eigenvalue weighted by Crippen LogP contribution is 2.33. The number of rotatable bonds is 2. The number of hydrogen-bond donors (Lipinski definition) is 1. The Labute approximate surface area is 78.8 Å². The first kappa shape index (κ1) is 8.73. The second-order valence-electron chi connectivity index (χ2n) is 3.64. The van der Waals surface area contributed by atoms with Crippen molar-refractivity contribution < 1.29 is 5.11 Å². The maximum atomic E-state index is 8.94. The van der Waals surface area contributed by atoms with Gasteiger partial charge in [-0.15, -0.1) is 0 Å². The van der Waals surface area contributed by atoms with Gasteiger partial charge in [-0.05, 0) is 24.6 Å². The third-order valence-corrected chi connectivity index (χ3v) is 2.77. The molecular formula is C11H15NO. The van der Waals surface area contributed by atoms with Crippen LogP contribution in [0.4, 0.5) is 0 Å². The van der Waals surface area contributed by atoms with E-state index in [0.29, 0.717) is 6.04 Å². The molecule has 1 aromatic rings. The first-order valence-electron chi connectivity index (χ1n) is 4.72. The Hall–Kier alpha value is -0.860. The van der Waals surface area contributed by atoms with Crippen LogP contribution in [0.1, 0.15) is 23.6 Å². The van der Waals surface area contributed by atoms with Crippen LogP contribution in [-0.2, 0) is 6.54 Å². The van der Waals surface area contributed by atoms with E-state index in [1.165, 1.54) is 11.1 Å². The van der Waals surface area contributed by atoms with Crippen molar-refractivity contribution in [3.8, 4) is 0 Å². The van der Waals surface area contributed by atoms with Gasteiger partial charge in [-0.3, -0.25) is 4.90 Å². The predicted molar refractivity (Wildman–Crippen MR) is 52.4 cm³/mol. The zero-order valence-electron chi connectivity index (χ0n) is 7.90. The number of hydrogen-bond acceptors (Lipinski definition) is 2. The van der Waals surface area contributed by atoms with Crippen molar-refractivity contribution in [3.63, 3.8) is 0 Å². The van der Waals surface area contributed by atoms with Gasteiger partial charge in [0, 0.05) is 19.2 Å².